The highest BCUT2D eigenvalue weighted by Crippen LogP contribution is 2.14. The summed E-state index contributed by atoms with van der Waals surface area (Å²) in [6.45, 7) is 3.67. The fourth-order valence-corrected chi connectivity index (χ4v) is 1.99. The van der Waals surface area contributed by atoms with Gasteiger partial charge in [0.2, 0.25) is 0 Å². The number of nitrogens with one attached hydrogen (secondary N) is 1. The molecule has 1 rings (SSSR count). The van der Waals surface area contributed by atoms with Crippen LogP contribution in [0.25, 0.3) is 0 Å². The van der Waals surface area contributed by atoms with Crippen LogP contribution in [0.3, 0.4) is 0 Å². The third kappa shape index (κ3) is 3.51. The standard InChI is InChI=1S/C12H20N2O2S/c1-9-11(12(15)16-3)7-10(14(9)2)8-13-5-6-17-4/h7,13H,5-6,8H2,1-4H3. The first-order chi connectivity index (χ1) is 8.11. The van der Waals surface area contributed by atoms with Gasteiger partial charge in [-0.15, -0.1) is 0 Å². The molecular formula is C12H20N2O2S. The molecule has 0 bridgehead atoms. The lowest BCUT2D eigenvalue weighted by Gasteiger charge is -2.06. The number of ether oxygens (including phenoxy) is 1. The summed E-state index contributed by atoms with van der Waals surface area (Å²) in [6.07, 6.45) is 2.09. The van der Waals surface area contributed by atoms with E-state index in [1.165, 1.54) is 7.11 Å². The van der Waals surface area contributed by atoms with Crippen molar-refractivity contribution < 1.29 is 9.53 Å². The van der Waals surface area contributed by atoms with Gasteiger partial charge in [-0.1, -0.05) is 0 Å². The van der Waals surface area contributed by atoms with Crippen LogP contribution in [0, 0.1) is 6.92 Å². The molecule has 0 amide bonds. The SMILES string of the molecule is COC(=O)c1cc(CNCCSC)n(C)c1C. The van der Waals surface area contributed by atoms with Gasteiger partial charge in [0, 0.05) is 37.3 Å². The normalized spacial score (nSPS) is 10.6. The number of carbonyl (C=O) groups excluding carboxylic acids is 1. The molecule has 0 saturated heterocycles. The van der Waals surface area contributed by atoms with Gasteiger partial charge in [-0.3, -0.25) is 0 Å². The van der Waals surface area contributed by atoms with E-state index < -0.39 is 0 Å². The number of esters is 1. The molecule has 1 heterocycles. The lowest BCUT2D eigenvalue weighted by Crippen LogP contribution is -2.18. The Kier molecular flexibility index (Phi) is 5.58. The van der Waals surface area contributed by atoms with Crippen molar-refractivity contribution in [3.63, 3.8) is 0 Å². The number of thioether (sulfide) groups is 1. The zero-order chi connectivity index (χ0) is 12.8. The van der Waals surface area contributed by atoms with Gasteiger partial charge >= 0.3 is 5.97 Å². The molecule has 0 aromatic carbocycles. The molecule has 5 heteroatoms. The maximum Gasteiger partial charge on any atom is 0.339 e. The van der Waals surface area contributed by atoms with Crippen molar-refractivity contribution in [2.24, 2.45) is 7.05 Å². The summed E-state index contributed by atoms with van der Waals surface area (Å²) in [6, 6.07) is 1.90. The Morgan fingerprint density at radius 3 is 2.88 bits per heavy atom. The Balaban J connectivity index is 2.70. The molecule has 0 aliphatic carbocycles. The maximum absolute atomic E-state index is 11.5. The van der Waals surface area contributed by atoms with E-state index >= 15 is 0 Å². The van der Waals surface area contributed by atoms with Crippen LogP contribution in [0.15, 0.2) is 6.07 Å². The molecule has 17 heavy (non-hydrogen) atoms. The second-order valence-electron chi connectivity index (χ2n) is 3.85. The molecule has 0 aliphatic heterocycles. The first-order valence-corrected chi connectivity index (χ1v) is 6.94. The molecule has 0 saturated carbocycles. The Bertz CT molecular complexity index is 388. The molecule has 1 aromatic rings. The highest BCUT2D eigenvalue weighted by molar-refractivity contribution is 7.98. The molecule has 0 radical (unpaired) electrons. The minimum absolute atomic E-state index is 0.270. The fourth-order valence-electron chi connectivity index (χ4n) is 1.64. The fraction of sp³-hybridized carbons (Fsp3) is 0.583. The Labute approximate surface area is 107 Å². The van der Waals surface area contributed by atoms with Crippen molar-refractivity contribution in [1.29, 1.82) is 0 Å². The third-order valence-electron chi connectivity index (χ3n) is 2.83. The van der Waals surface area contributed by atoms with Gasteiger partial charge in [-0.05, 0) is 19.2 Å². The number of hydrogen-bond acceptors (Lipinski definition) is 4. The second-order valence-corrected chi connectivity index (χ2v) is 4.84. The molecule has 0 unspecified atom stereocenters. The van der Waals surface area contributed by atoms with E-state index in [-0.39, 0.29) is 5.97 Å². The van der Waals surface area contributed by atoms with Crippen LogP contribution in [0.4, 0.5) is 0 Å². The van der Waals surface area contributed by atoms with E-state index in [0.717, 1.165) is 30.2 Å². The zero-order valence-electron chi connectivity index (χ0n) is 10.9. The maximum atomic E-state index is 11.5. The van der Waals surface area contributed by atoms with E-state index in [2.05, 4.69) is 11.6 Å². The van der Waals surface area contributed by atoms with Gasteiger partial charge < -0.3 is 14.6 Å². The number of nitrogens with zero attached hydrogens (tertiary/aromatic N) is 1. The zero-order valence-corrected chi connectivity index (χ0v) is 11.7. The predicted octanol–water partition coefficient (Wildman–Crippen LogP) is 1.57. The monoisotopic (exact) mass is 256 g/mol. The number of hydrogen-bond donors (Lipinski definition) is 1. The smallest absolute Gasteiger partial charge is 0.339 e. The highest BCUT2D eigenvalue weighted by atomic mass is 32.2. The molecule has 1 N–H and O–H groups in total. The van der Waals surface area contributed by atoms with Crippen molar-refractivity contribution in [3.8, 4) is 0 Å². The van der Waals surface area contributed by atoms with Gasteiger partial charge in [0.05, 0.1) is 12.7 Å². The van der Waals surface area contributed by atoms with Crippen molar-refractivity contribution in [2.75, 3.05) is 25.7 Å². The summed E-state index contributed by atoms with van der Waals surface area (Å²) < 4.78 is 6.78. The van der Waals surface area contributed by atoms with Crippen molar-refractivity contribution in [1.82, 2.24) is 9.88 Å². The Hall–Kier alpha value is -0.940. The topological polar surface area (TPSA) is 43.3 Å². The second kappa shape index (κ2) is 6.71. The lowest BCUT2D eigenvalue weighted by molar-refractivity contribution is 0.0600. The van der Waals surface area contributed by atoms with Gasteiger partial charge in [0.1, 0.15) is 0 Å². The van der Waals surface area contributed by atoms with Crippen LogP contribution in [0.1, 0.15) is 21.7 Å². The van der Waals surface area contributed by atoms with Gasteiger partial charge in [-0.25, -0.2) is 4.79 Å². The van der Waals surface area contributed by atoms with E-state index in [1.54, 1.807) is 0 Å². The molecule has 1 aromatic heterocycles. The predicted molar refractivity (Wildman–Crippen MR) is 71.6 cm³/mol. The van der Waals surface area contributed by atoms with Gasteiger partial charge in [0.15, 0.2) is 0 Å². The minimum atomic E-state index is -0.270. The average Bonchev–Trinajstić information content (AvgIpc) is 2.62. The van der Waals surface area contributed by atoms with Crippen LogP contribution in [0.2, 0.25) is 0 Å². The Morgan fingerprint density at radius 2 is 2.29 bits per heavy atom. The quantitative estimate of drug-likeness (QED) is 0.620. The highest BCUT2D eigenvalue weighted by Gasteiger charge is 2.15. The summed E-state index contributed by atoms with van der Waals surface area (Å²) in [7, 11) is 3.37. The third-order valence-corrected chi connectivity index (χ3v) is 3.44. The molecular weight excluding hydrogens is 236 g/mol. The van der Waals surface area contributed by atoms with E-state index in [0.29, 0.717) is 5.56 Å². The molecule has 0 fully saturated rings. The molecule has 0 atom stereocenters. The first-order valence-electron chi connectivity index (χ1n) is 5.55. The van der Waals surface area contributed by atoms with Gasteiger partial charge in [-0.2, -0.15) is 11.8 Å². The van der Waals surface area contributed by atoms with Crippen molar-refractivity contribution in [3.05, 3.63) is 23.0 Å². The number of rotatable bonds is 6. The summed E-state index contributed by atoms with van der Waals surface area (Å²) in [5.41, 5.74) is 2.69. The van der Waals surface area contributed by atoms with Crippen LogP contribution < -0.4 is 5.32 Å². The molecule has 96 valence electrons. The van der Waals surface area contributed by atoms with Crippen LogP contribution in [-0.2, 0) is 18.3 Å². The molecule has 0 aliphatic rings. The molecule has 0 spiro atoms. The summed E-state index contributed by atoms with van der Waals surface area (Å²) in [4.78, 5) is 11.5. The van der Waals surface area contributed by atoms with Crippen LogP contribution >= 0.6 is 11.8 Å². The van der Waals surface area contributed by atoms with Gasteiger partial charge in [0.25, 0.3) is 0 Å². The average molecular weight is 256 g/mol. The number of aromatic nitrogens is 1. The lowest BCUT2D eigenvalue weighted by atomic mass is 10.2. The first kappa shape index (κ1) is 14.1. The van der Waals surface area contributed by atoms with Crippen molar-refractivity contribution in [2.45, 2.75) is 13.5 Å². The van der Waals surface area contributed by atoms with E-state index in [4.69, 9.17) is 4.74 Å². The Morgan fingerprint density at radius 1 is 1.59 bits per heavy atom. The van der Waals surface area contributed by atoms with E-state index in [1.807, 2.05) is 36.4 Å². The van der Waals surface area contributed by atoms with Crippen molar-refractivity contribution >= 4 is 17.7 Å². The number of methoxy groups -OCH3 is 1. The van der Waals surface area contributed by atoms with Crippen LogP contribution in [0.5, 0.6) is 0 Å². The minimum Gasteiger partial charge on any atom is -0.465 e. The largest absolute Gasteiger partial charge is 0.465 e. The summed E-state index contributed by atoms with van der Waals surface area (Å²) in [5, 5.41) is 3.35. The van der Waals surface area contributed by atoms with Crippen LogP contribution in [-0.4, -0.2) is 36.2 Å². The summed E-state index contributed by atoms with van der Waals surface area (Å²) >= 11 is 1.81. The molecule has 4 nitrogen and oxygen atoms in total. The number of carbonyl (C=O) groups is 1. The summed E-state index contributed by atoms with van der Waals surface area (Å²) in [5.74, 6) is 0.821. The van der Waals surface area contributed by atoms with E-state index in [9.17, 15) is 4.79 Å².